The van der Waals surface area contributed by atoms with Crippen LogP contribution in [0.15, 0.2) is 101 Å². The highest BCUT2D eigenvalue weighted by atomic mass is 16.3. The van der Waals surface area contributed by atoms with E-state index >= 15 is 0 Å². The molecular weight excluding hydrogens is 404 g/mol. The number of ketones is 1. The summed E-state index contributed by atoms with van der Waals surface area (Å²) in [7, 11) is 0. The molecule has 1 saturated carbocycles. The number of carbonyl (C=O) groups excluding carboxylic acids is 1. The van der Waals surface area contributed by atoms with Gasteiger partial charge in [0, 0.05) is 16.3 Å². The van der Waals surface area contributed by atoms with Gasteiger partial charge >= 0.3 is 0 Å². The summed E-state index contributed by atoms with van der Waals surface area (Å²) < 4.78 is 5.65. The zero-order chi connectivity index (χ0) is 22.5. The molecule has 0 bridgehead atoms. The van der Waals surface area contributed by atoms with E-state index in [9.17, 15) is 4.79 Å². The Hall–Kier alpha value is -3.65. The molecule has 0 aliphatic heterocycles. The van der Waals surface area contributed by atoms with Crippen molar-refractivity contribution >= 4 is 39.4 Å². The second kappa shape index (κ2) is 9.87. The molecule has 33 heavy (non-hydrogen) atoms. The fourth-order valence-electron chi connectivity index (χ4n) is 4.69. The van der Waals surface area contributed by atoms with Crippen LogP contribution < -0.4 is 0 Å². The molecule has 0 radical (unpaired) electrons. The molecule has 0 atom stereocenters. The number of fused-ring (bicyclic) bond motifs is 6. The minimum absolute atomic E-state index is 0.110. The highest BCUT2D eigenvalue weighted by Gasteiger charge is 2.23. The Kier molecular flexibility index (Phi) is 6.34. The van der Waals surface area contributed by atoms with Crippen molar-refractivity contribution < 1.29 is 9.21 Å². The lowest BCUT2D eigenvalue weighted by Gasteiger charge is -2.06. The molecule has 3 aliphatic carbocycles. The van der Waals surface area contributed by atoms with Gasteiger partial charge in [-0.2, -0.15) is 0 Å². The van der Waals surface area contributed by atoms with Crippen LogP contribution in [0.5, 0.6) is 0 Å². The van der Waals surface area contributed by atoms with E-state index in [1.165, 1.54) is 54.9 Å². The van der Waals surface area contributed by atoms with Crippen molar-refractivity contribution in [1.82, 2.24) is 0 Å². The summed E-state index contributed by atoms with van der Waals surface area (Å²) >= 11 is 0. The average molecular weight is 433 g/mol. The van der Waals surface area contributed by atoms with Crippen LogP contribution in [0.1, 0.15) is 49.7 Å². The maximum atomic E-state index is 11.5. The van der Waals surface area contributed by atoms with Crippen molar-refractivity contribution in [2.45, 2.75) is 38.5 Å². The van der Waals surface area contributed by atoms with Crippen LogP contribution in [0.4, 0.5) is 0 Å². The summed E-state index contributed by atoms with van der Waals surface area (Å²) in [6.07, 6.45) is 16.4. The van der Waals surface area contributed by atoms with Crippen LogP contribution >= 0.6 is 0 Å². The summed E-state index contributed by atoms with van der Waals surface area (Å²) in [5.74, 6) is 0.110. The number of furan rings is 1. The highest BCUT2D eigenvalue weighted by molar-refractivity contribution is 6.23. The van der Waals surface area contributed by atoms with E-state index in [-0.39, 0.29) is 5.78 Å². The van der Waals surface area contributed by atoms with Gasteiger partial charge in [0.1, 0.15) is 11.2 Å². The van der Waals surface area contributed by atoms with E-state index < -0.39 is 0 Å². The predicted octanol–water partition coefficient (Wildman–Crippen LogP) is 8.53. The van der Waals surface area contributed by atoms with Gasteiger partial charge in [0.05, 0.1) is 0 Å². The first-order chi connectivity index (χ1) is 16.3. The topological polar surface area (TPSA) is 30.2 Å². The molecule has 7 rings (SSSR count). The quantitative estimate of drug-likeness (QED) is 0.279. The fraction of sp³-hybridized carbons (Fsp3) is 0.194. The summed E-state index contributed by atoms with van der Waals surface area (Å²) in [5.41, 5.74) is 6.13. The normalized spacial score (nSPS) is 16.1. The molecule has 3 aromatic carbocycles. The van der Waals surface area contributed by atoms with E-state index in [0.29, 0.717) is 0 Å². The molecule has 1 aromatic heterocycles. The third-order valence-corrected chi connectivity index (χ3v) is 6.40. The SMILES string of the molecule is C1CCCCC1.O=C1C=CC=C2C1=Cc1ccccc12.c1ccc2c(c1)oc1ccccc12. The first kappa shape index (κ1) is 21.2. The van der Waals surface area contributed by atoms with Gasteiger partial charge in [-0.3, -0.25) is 4.79 Å². The lowest BCUT2D eigenvalue weighted by atomic mass is 9.96. The van der Waals surface area contributed by atoms with E-state index in [0.717, 1.165) is 27.9 Å². The second-order valence-electron chi connectivity index (χ2n) is 8.66. The summed E-state index contributed by atoms with van der Waals surface area (Å²) in [4.78, 5) is 11.5. The zero-order valence-corrected chi connectivity index (χ0v) is 18.8. The van der Waals surface area contributed by atoms with Gasteiger partial charge in [-0.1, -0.05) is 111 Å². The van der Waals surface area contributed by atoms with E-state index in [1.54, 1.807) is 6.08 Å². The Morgan fingerprint density at radius 1 is 0.606 bits per heavy atom. The van der Waals surface area contributed by atoms with Crippen molar-refractivity contribution in [3.63, 3.8) is 0 Å². The number of hydrogen-bond donors (Lipinski definition) is 0. The van der Waals surface area contributed by atoms with E-state index in [2.05, 4.69) is 18.2 Å². The van der Waals surface area contributed by atoms with E-state index in [1.807, 2.05) is 72.8 Å². The third kappa shape index (κ3) is 4.61. The molecule has 2 nitrogen and oxygen atoms in total. The molecule has 0 unspecified atom stereocenters. The van der Waals surface area contributed by atoms with Gasteiger partial charge in [-0.25, -0.2) is 0 Å². The summed E-state index contributed by atoms with van der Waals surface area (Å²) in [5, 5.41) is 2.39. The van der Waals surface area contributed by atoms with Crippen LogP contribution in [-0.4, -0.2) is 5.78 Å². The minimum Gasteiger partial charge on any atom is -0.456 e. The van der Waals surface area contributed by atoms with Crippen molar-refractivity contribution in [3.05, 3.63) is 108 Å². The molecule has 0 spiro atoms. The van der Waals surface area contributed by atoms with Crippen LogP contribution in [0.3, 0.4) is 0 Å². The molecule has 0 N–H and O–H groups in total. The van der Waals surface area contributed by atoms with Crippen molar-refractivity contribution in [2.24, 2.45) is 0 Å². The average Bonchev–Trinajstić information content (AvgIpc) is 3.45. The van der Waals surface area contributed by atoms with Crippen LogP contribution in [0.2, 0.25) is 0 Å². The van der Waals surface area contributed by atoms with Gasteiger partial charge in [0.2, 0.25) is 0 Å². The smallest absolute Gasteiger partial charge is 0.186 e. The maximum absolute atomic E-state index is 11.5. The van der Waals surface area contributed by atoms with Gasteiger partial charge in [-0.05, 0) is 41.0 Å². The molecule has 164 valence electrons. The van der Waals surface area contributed by atoms with Gasteiger partial charge in [0.25, 0.3) is 0 Å². The Labute approximate surface area is 194 Å². The Morgan fingerprint density at radius 2 is 1.15 bits per heavy atom. The molecule has 0 amide bonds. The Balaban J connectivity index is 0.000000112. The van der Waals surface area contributed by atoms with Crippen LogP contribution in [0.25, 0.3) is 33.6 Å². The molecule has 1 fully saturated rings. The zero-order valence-electron chi connectivity index (χ0n) is 18.8. The molecule has 2 heteroatoms. The lowest BCUT2D eigenvalue weighted by Crippen LogP contribution is -2.00. The van der Waals surface area contributed by atoms with Crippen molar-refractivity contribution in [2.75, 3.05) is 0 Å². The Bertz CT molecular complexity index is 1310. The lowest BCUT2D eigenvalue weighted by molar-refractivity contribution is -0.110. The van der Waals surface area contributed by atoms with Gasteiger partial charge < -0.3 is 4.42 Å². The number of para-hydroxylation sites is 2. The largest absolute Gasteiger partial charge is 0.456 e. The highest BCUT2D eigenvalue weighted by Crippen LogP contribution is 2.37. The molecule has 4 aromatic rings. The number of rotatable bonds is 0. The number of carbonyl (C=O) groups is 1. The number of allylic oxidation sites excluding steroid dienone is 5. The monoisotopic (exact) mass is 432 g/mol. The molecular formula is C31H28O2. The number of hydrogen-bond acceptors (Lipinski definition) is 2. The van der Waals surface area contributed by atoms with Crippen LogP contribution in [0, 0.1) is 0 Å². The minimum atomic E-state index is 0.110. The second-order valence-corrected chi connectivity index (χ2v) is 8.66. The maximum Gasteiger partial charge on any atom is 0.186 e. The summed E-state index contributed by atoms with van der Waals surface area (Å²) in [6.45, 7) is 0. The van der Waals surface area contributed by atoms with Gasteiger partial charge in [-0.15, -0.1) is 0 Å². The number of benzene rings is 3. The van der Waals surface area contributed by atoms with Crippen molar-refractivity contribution in [1.29, 1.82) is 0 Å². The Morgan fingerprint density at radius 3 is 1.79 bits per heavy atom. The molecule has 1 heterocycles. The van der Waals surface area contributed by atoms with Gasteiger partial charge in [0.15, 0.2) is 5.78 Å². The predicted molar refractivity (Wildman–Crippen MR) is 138 cm³/mol. The first-order valence-electron chi connectivity index (χ1n) is 11.9. The molecule has 3 aliphatic rings. The third-order valence-electron chi connectivity index (χ3n) is 6.40. The van der Waals surface area contributed by atoms with Crippen molar-refractivity contribution in [3.8, 4) is 0 Å². The van der Waals surface area contributed by atoms with Crippen LogP contribution in [-0.2, 0) is 4.79 Å². The summed E-state index contributed by atoms with van der Waals surface area (Å²) in [6, 6.07) is 24.3. The first-order valence-corrected chi connectivity index (χ1v) is 11.9. The van der Waals surface area contributed by atoms with E-state index in [4.69, 9.17) is 4.42 Å². The fourth-order valence-corrected chi connectivity index (χ4v) is 4.69. The standard InChI is InChI=1S/C13H8O.C12H8O.C6H12/c14-13-7-3-6-11-10-5-2-1-4-9(10)8-12(11)13;1-3-7-11-9(5-1)10-6-2-4-8-12(10)13-11;1-2-4-6-5-3-1/h1-8H;1-8H;1-6H2. The molecule has 0 saturated heterocycles.